The maximum atomic E-state index is 5.88. The molecule has 144 valence electrons. The Bertz CT molecular complexity index is 593. The third-order valence-corrected chi connectivity index (χ3v) is 7.03. The van der Waals surface area contributed by atoms with Crippen molar-refractivity contribution in [3.8, 4) is 11.5 Å². The van der Waals surface area contributed by atoms with Gasteiger partial charge in [0.15, 0.2) is 0 Å². The van der Waals surface area contributed by atoms with Gasteiger partial charge in [0.05, 0.1) is 0 Å². The number of rotatable bonds is 13. The Morgan fingerprint density at radius 1 is 0.654 bits per heavy atom. The minimum atomic E-state index is -0.142. The van der Waals surface area contributed by atoms with Gasteiger partial charge in [-0.3, -0.25) is 0 Å². The molecule has 2 aromatic rings. The van der Waals surface area contributed by atoms with Gasteiger partial charge in [0.25, 0.3) is 0 Å². The normalized spacial score (nSPS) is 10.8. The topological polar surface area (TPSA) is 18.5 Å². The van der Waals surface area contributed by atoms with Gasteiger partial charge < -0.3 is 0 Å². The van der Waals surface area contributed by atoms with Crippen molar-refractivity contribution in [2.75, 3.05) is 13.7 Å². The van der Waals surface area contributed by atoms with Crippen LogP contribution in [0.5, 0.6) is 11.5 Å². The van der Waals surface area contributed by atoms with Crippen LogP contribution in [0.1, 0.15) is 58.3 Å². The van der Waals surface area contributed by atoms with Crippen molar-refractivity contribution >= 4 is 0 Å². The van der Waals surface area contributed by atoms with E-state index < -0.39 is 0 Å². The van der Waals surface area contributed by atoms with Gasteiger partial charge in [-0.15, -0.1) is 0 Å². The molecule has 0 saturated carbocycles. The van der Waals surface area contributed by atoms with E-state index in [1.54, 1.807) is 7.11 Å². The van der Waals surface area contributed by atoms with Crippen molar-refractivity contribution in [1.29, 1.82) is 0 Å². The summed E-state index contributed by atoms with van der Waals surface area (Å²) >= 11 is -0.142. The molecule has 0 fully saturated rings. The third-order valence-electron chi connectivity index (χ3n) is 4.35. The van der Waals surface area contributed by atoms with Crippen molar-refractivity contribution in [2.24, 2.45) is 0 Å². The molecule has 0 aliphatic rings. The fraction of sp³-hybridized carbons (Fsp3) is 0.478. The summed E-state index contributed by atoms with van der Waals surface area (Å²) in [5, 5.41) is 0. The Hall–Kier alpha value is -1.23. The van der Waals surface area contributed by atoms with Gasteiger partial charge >= 0.3 is 150 Å². The first kappa shape index (κ1) is 21.1. The van der Waals surface area contributed by atoms with Crippen LogP contribution < -0.4 is 30.7 Å². The van der Waals surface area contributed by atoms with Crippen LogP contribution in [0.4, 0.5) is 0 Å². The SMILES string of the molecule is CCCCCCCCCCOc1ccc([I-]c2ccc(OC)cc2)cc1. The number of hydrogen-bond acceptors (Lipinski definition) is 2. The number of hydrogen-bond donors (Lipinski definition) is 0. The summed E-state index contributed by atoms with van der Waals surface area (Å²) in [4.78, 5) is 0. The average Bonchev–Trinajstić information content (AvgIpc) is 2.68. The summed E-state index contributed by atoms with van der Waals surface area (Å²) in [5.74, 6) is 1.91. The Morgan fingerprint density at radius 3 is 1.69 bits per heavy atom. The summed E-state index contributed by atoms with van der Waals surface area (Å²) in [6, 6.07) is 17.1. The van der Waals surface area contributed by atoms with Crippen LogP contribution in [0.2, 0.25) is 0 Å². The quantitative estimate of drug-likeness (QED) is 0.333. The van der Waals surface area contributed by atoms with Crippen LogP contribution in [0.15, 0.2) is 48.5 Å². The molecule has 0 aliphatic carbocycles. The van der Waals surface area contributed by atoms with Gasteiger partial charge in [-0.25, -0.2) is 0 Å². The van der Waals surface area contributed by atoms with Crippen molar-refractivity contribution < 1.29 is 30.7 Å². The number of unbranched alkanes of at least 4 members (excludes halogenated alkanes) is 7. The van der Waals surface area contributed by atoms with Crippen LogP contribution in [-0.4, -0.2) is 13.7 Å². The maximum absolute atomic E-state index is 5.88. The van der Waals surface area contributed by atoms with Gasteiger partial charge in [0.1, 0.15) is 0 Å². The molecular weight excluding hydrogens is 435 g/mol. The molecule has 2 aromatic carbocycles. The molecule has 2 nitrogen and oxygen atoms in total. The molecule has 0 radical (unpaired) electrons. The average molecular weight is 467 g/mol. The van der Waals surface area contributed by atoms with E-state index in [1.165, 1.54) is 52.1 Å². The molecule has 0 aromatic heterocycles. The molecule has 3 heteroatoms. The predicted molar refractivity (Wildman–Crippen MR) is 105 cm³/mol. The van der Waals surface area contributed by atoms with E-state index in [-0.39, 0.29) is 21.2 Å². The molecular formula is C23H32IO2-. The van der Waals surface area contributed by atoms with E-state index in [2.05, 4.69) is 43.3 Å². The molecule has 0 amide bonds. The molecule has 0 atom stereocenters. The molecule has 26 heavy (non-hydrogen) atoms. The minimum absolute atomic E-state index is 0.142. The Morgan fingerprint density at radius 2 is 1.15 bits per heavy atom. The van der Waals surface area contributed by atoms with Crippen LogP contribution >= 0.6 is 0 Å². The van der Waals surface area contributed by atoms with Crippen LogP contribution in [-0.2, 0) is 0 Å². The zero-order chi connectivity index (χ0) is 18.5. The van der Waals surface area contributed by atoms with E-state index in [4.69, 9.17) is 9.47 Å². The molecule has 0 spiro atoms. The molecule has 0 aliphatic heterocycles. The summed E-state index contributed by atoms with van der Waals surface area (Å²) in [6.45, 7) is 3.10. The van der Waals surface area contributed by atoms with Crippen LogP contribution in [0.3, 0.4) is 0 Å². The number of ether oxygens (including phenoxy) is 2. The van der Waals surface area contributed by atoms with Gasteiger partial charge in [-0.2, -0.15) is 0 Å². The predicted octanol–water partition coefficient (Wildman–Crippen LogP) is 3.34. The second kappa shape index (κ2) is 13.0. The fourth-order valence-corrected chi connectivity index (χ4v) is 4.94. The fourth-order valence-electron chi connectivity index (χ4n) is 2.78. The van der Waals surface area contributed by atoms with E-state index in [1.807, 2.05) is 12.1 Å². The summed E-state index contributed by atoms with van der Waals surface area (Å²) in [7, 11) is 1.70. The summed E-state index contributed by atoms with van der Waals surface area (Å²) in [6.07, 6.45) is 10.7. The van der Waals surface area contributed by atoms with Crippen LogP contribution in [0, 0.1) is 7.14 Å². The third kappa shape index (κ3) is 8.43. The van der Waals surface area contributed by atoms with Gasteiger partial charge in [0.2, 0.25) is 0 Å². The Kier molecular flexibility index (Phi) is 10.6. The standard InChI is InChI=1S/C23H32IO2/c1-3-4-5-6-7-8-9-10-19-26-23-17-13-21(14-18-23)24-20-11-15-22(25-2)16-12-20/h11-18H,3-10,19H2,1-2H3/q-1. The van der Waals surface area contributed by atoms with E-state index >= 15 is 0 Å². The monoisotopic (exact) mass is 467 g/mol. The Labute approximate surface area is 169 Å². The first-order chi connectivity index (χ1) is 12.8. The van der Waals surface area contributed by atoms with Crippen molar-refractivity contribution in [3.63, 3.8) is 0 Å². The zero-order valence-corrected chi connectivity index (χ0v) is 18.3. The molecule has 0 bridgehead atoms. The van der Waals surface area contributed by atoms with E-state index in [9.17, 15) is 0 Å². The second-order valence-corrected chi connectivity index (χ2v) is 9.56. The first-order valence-electron chi connectivity index (χ1n) is 9.83. The molecule has 0 N–H and O–H groups in total. The van der Waals surface area contributed by atoms with Gasteiger partial charge in [-0.05, 0) is 0 Å². The van der Waals surface area contributed by atoms with Gasteiger partial charge in [-0.1, -0.05) is 19.8 Å². The number of halogens is 1. The molecule has 0 unspecified atom stereocenters. The molecule has 0 saturated heterocycles. The number of benzene rings is 2. The van der Waals surface area contributed by atoms with Crippen molar-refractivity contribution in [2.45, 2.75) is 58.3 Å². The Balaban J connectivity index is 1.61. The molecule has 0 heterocycles. The van der Waals surface area contributed by atoms with Crippen molar-refractivity contribution in [3.05, 3.63) is 55.7 Å². The second-order valence-electron chi connectivity index (χ2n) is 6.53. The van der Waals surface area contributed by atoms with Crippen molar-refractivity contribution in [1.82, 2.24) is 0 Å². The molecule has 2 rings (SSSR count). The summed E-state index contributed by atoms with van der Waals surface area (Å²) in [5.41, 5.74) is 0. The van der Waals surface area contributed by atoms with Gasteiger partial charge in [0, 0.05) is 0 Å². The van der Waals surface area contributed by atoms with E-state index in [0.717, 1.165) is 24.5 Å². The zero-order valence-electron chi connectivity index (χ0n) is 16.2. The van der Waals surface area contributed by atoms with E-state index in [0.29, 0.717) is 0 Å². The summed E-state index contributed by atoms with van der Waals surface area (Å²) < 4.78 is 13.9. The van der Waals surface area contributed by atoms with Crippen LogP contribution in [0.25, 0.3) is 0 Å². The number of methoxy groups -OCH3 is 1. The first-order valence-corrected chi connectivity index (χ1v) is 12.0.